The molecular formula is C48H37N5. The van der Waals surface area contributed by atoms with Gasteiger partial charge >= 0.3 is 0 Å². The fourth-order valence-corrected chi connectivity index (χ4v) is 6.26. The molecule has 1 N–H and O–H groups in total. The molecule has 7 aromatic rings. The van der Waals surface area contributed by atoms with E-state index in [1.807, 2.05) is 60.7 Å². The molecule has 0 unspecified atom stereocenters. The fourth-order valence-electron chi connectivity index (χ4n) is 6.26. The summed E-state index contributed by atoms with van der Waals surface area (Å²) in [4.78, 5) is 14.2. The first kappa shape index (κ1) is 32.9. The molecule has 0 atom stereocenters. The summed E-state index contributed by atoms with van der Waals surface area (Å²) in [5, 5.41) is 3.52. The Hall–Kier alpha value is -7.24. The number of nitrogens with zero attached hydrogens (tertiary/aromatic N) is 4. The quantitative estimate of drug-likeness (QED) is 0.146. The Morgan fingerprint density at radius 1 is 0.283 bits per heavy atom. The molecule has 0 saturated carbocycles. The lowest BCUT2D eigenvalue weighted by Gasteiger charge is -2.25. The first-order valence-corrected chi connectivity index (χ1v) is 17.7. The van der Waals surface area contributed by atoms with Crippen LogP contribution in [0.5, 0.6) is 0 Å². The van der Waals surface area contributed by atoms with E-state index >= 15 is 0 Å². The molecular weight excluding hydrogens is 647 g/mol. The van der Waals surface area contributed by atoms with E-state index in [2.05, 4.69) is 173 Å². The Morgan fingerprint density at radius 2 is 0.547 bits per heavy atom. The van der Waals surface area contributed by atoms with E-state index < -0.39 is 0 Å². The zero-order chi connectivity index (χ0) is 35.7. The average Bonchev–Trinajstić information content (AvgIpc) is 3.22. The number of anilines is 8. The summed E-state index contributed by atoms with van der Waals surface area (Å²) in [6.45, 7) is 0. The van der Waals surface area contributed by atoms with E-state index in [0.29, 0.717) is 0 Å². The summed E-state index contributed by atoms with van der Waals surface area (Å²) in [6, 6.07) is 66.6. The lowest BCUT2D eigenvalue weighted by molar-refractivity contribution is 1.28. The van der Waals surface area contributed by atoms with Gasteiger partial charge in [-0.1, -0.05) is 72.8 Å². The van der Waals surface area contributed by atoms with Crippen LogP contribution in [0.2, 0.25) is 0 Å². The molecule has 0 saturated heterocycles. The van der Waals surface area contributed by atoms with E-state index in [-0.39, 0.29) is 0 Å². The summed E-state index contributed by atoms with van der Waals surface area (Å²) >= 11 is 0. The van der Waals surface area contributed by atoms with Crippen molar-refractivity contribution in [2.24, 2.45) is 9.98 Å². The third-order valence-electron chi connectivity index (χ3n) is 8.81. The number of hydrogen-bond acceptors (Lipinski definition) is 5. The SMILES string of the molecule is C1=CC(=Nc2ccc(N(c3ccccc3)c3ccccc3)cc2)C=CC1=Nc1ccc(Nc2ccc(N(c3ccccc3)c3ccccc3)cc2)cc1. The Kier molecular flexibility index (Phi) is 9.79. The van der Waals surface area contributed by atoms with Gasteiger partial charge in [-0.05, 0) is 146 Å². The molecule has 0 aromatic heterocycles. The monoisotopic (exact) mass is 683 g/mol. The second-order valence-electron chi connectivity index (χ2n) is 12.5. The summed E-state index contributed by atoms with van der Waals surface area (Å²) in [5.74, 6) is 0. The highest BCUT2D eigenvalue weighted by Crippen LogP contribution is 2.36. The van der Waals surface area contributed by atoms with Crippen LogP contribution in [0.1, 0.15) is 0 Å². The molecule has 53 heavy (non-hydrogen) atoms. The summed E-state index contributed by atoms with van der Waals surface area (Å²) < 4.78 is 0. The van der Waals surface area contributed by atoms with Crippen molar-refractivity contribution in [1.82, 2.24) is 0 Å². The Morgan fingerprint density at radius 3 is 0.887 bits per heavy atom. The highest BCUT2D eigenvalue weighted by atomic mass is 15.1. The number of aliphatic imine (C=N–C) groups is 2. The zero-order valence-corrected chi connectivity index (χ0v) is 29.1. The van der Waals surface area contributed by atoms with Crippen molar-refractivity contribution in [3.8, 4) is 0 Å². The van der Waals surface area contributed by atoms with Crippen molar-refractivity contribution in [2.45, 2.75) is 0 Å². The van der Waals surface area contributed by atoms with Gasteiger partial charge in [0.25, 0.3) is 0 Å². The number of para-hydroxylation sites is 4. The predicted octanol–water partition coefficient (Wildman–Crippen LogP) is 13.3. The molecule has 254 valence electrons. The van der Waals surface area contributed by atoms with Gasteiger partial charge in [0.05, 0.1) is 22.8 Å². The second-order valence-corrected chi connectivity index (χ2v) is 12.5. The molecule has 5 heteroatoms. The molecule has 0 amide bonds. The molecule has 0 radical (unpaired) electrons. The maximum Gasteiger partial charge on any atom is 0.0638 e. The van der Waals surface area contributed by atoms with Crippen LogP contribution >= 0.6 is 0 Å². The Labute approximate surface area is 310 Å². The van der Waals surface area contributed by atoms with Gasteiger partial charge in [0.1, 0.15) is 0 Å². The van der Waals surface area contributed by atoms with Crippen LogP contribution in [0.3, 0.4) is 0 Å². The summed E-state index contributed by atoms with van der Waals surface area (Å²) in [6.07, 6.45) is 8.01. The van der Waals surface area contributed by atoms with E-state index in [1.54, 1.807) is 0 Å². The van der Waals surface area contributed by atoms with Gasteiger partial charge in [0, 0.05) is 45.5 Å². The molecule has 0 fully saturated rings. The molecule has 0 heterocycles. The van der Waals surface area contributed by atoms with Gasteiger partial charge in [-0.25, -0.2) is 9.98 Å². The van der Waals surface area contributed by atoms with E-state index in [9.17, 15) is 0 Å². The zero-order valence-electron chi connectivity index (χ0n) is 29.1. The largest absolute Gasteiger partial charge is 0.356 e. The topological polar surface area (TPSA) is 43.2 Å². The molecule has 0 bridgehead atoms. The van der Waals surface area contributed by atoms with Crippen LogP contribution in [0.25, 0.3) is 0 Å². The van der Waals surface area contributed by atoms with E-state index in [1.165, 1.54) is 0 Å². The van der Waals surface area contributed by atoms with E-state index in [4.69, 9.17) is 9.98 Å². The van der Waals surface area contributed by atoms with Crippen LogP contribution in [0, 0.1) is 0 Å². The van der Waals surface area contributed by atoms with Crippen LogP contribution in [-0.4, -0.2) is 11.4 Å². The van der Waals surface area contributed by atoms with Crippen molar-refractivity contribution in [3.63, 3.8) is 0 Å². The highest BCUT2D eigenvalue weighted by molar-refractivity contribution is 6.19. The summed E-state index contributed by atoms with van der Waals surface area (Å²) in [7, 11) is 0. The van der Waals surface area contributed by atoms with Gasteiger partial charge < -0.3 is 15.1 Å². The van der Waals surface area contributed by atoms with Crippen molar-refractivity contribution in [2.75, 3.05) is 15.1 Å². The van der Waals surface area contributed by atoms with Gasteiger partial charge in [0.15, 0.2) is 0 Å². The maximum absolute atomic E-state index is 4.86. The maximum atomic E-state index is 4.86. The molecule has 1 aliphatic carbocycles. The van der Waals surface area contributed by atoms with Gasteiger partial charge in [-0.3, -0.25) is 0 Å². The minimum atomic E-state index is 0.873. The minimum absolute atomic E-state index is 0.873. The lowest BCUT2D eigenvalue weighted by Crippen LogP contribution is -2.09. The van der Waals surface area contributed by atoms with Crippen molar-refractivity contribution < 1.29 is 0 Å². The van der Waals surface area contributed by atoms with Crippen molar-refractivity contribution >= 4 is 68.3 Å². The first-order valence-electron chi connectivity index (χ1n) is 17.7. The number of allylic oxidation sites excluding steroid dienone is 4. The molecule has 0 aliphatic heterocycles. The third kappa shape index (κ3) is 8.06. The van der Waals surface area contributed by atoms with Crippen LogP contribution in [-0.2, 0) is 0 Å². The van der Waals surface area contributed by atoms with Gasteiger partial charge in [-0.2, -0.15) is 0 Å². The molecule has 7 aromatic carbocycles. The number of rotatable bonds is 10. The molecule has 8 rings (SSSR count). The molecule has 1 aliphatic rings. The average molecular weight is 684 g/mol. The number of nitrogens with one attached hydrogen (secondary N) is 1. The van der Waals surface area contributed by atoms with Crippen molar-refractivity contribution in [3.05, 3.63) is 218 Å². The first-order chi connectivity index (χ1) is 26.2. The van der Waals surface area contributed by atoms with Crippen LogP contribution in [0.4, 0.5) is 56.9 Å². The Balaban J connectivity index is 0.907. The fraction of sp³-hybridized carbons (Fsp3) is 0. The van der Waals surface area contributed by atoms with Crippen LogP contribution in [0.15, 0.2) is 228 Å². The highest BCUT2D eigenvalue weighted by Gasteiger charge is 2.13. The smallest absolute Gasteiger partial charge is 0.0638 e. The molecule has 5 nitrogen and oxygen atoms in total. The number of benzene rings is 7. The summed E-state index contributed by atoms with van der Waals surface area (Å²) in [5.41, 5.74) is 12.1. The Bertz CT molecular complexity index is 2270. The van der Waals surface area contributed by atoms with Gasteiger partial charge in [0.2, 0.25) is 0 Å². The standard InChI is InChI=1S/C48H37N5/c1-5-13-43(14-6-1)52(44-15-7-2-8-16-44)47-33-29-41(30-34-47)50-39-25-21-37(22-26-39)49-38-23-27-40(28-24-38)51-42-31-35-48(36-32-42)53(45-17-9-3-10-18-45)46-19-11-4-12-20-46/h1-36,50H. The lowest BCUT2D eigenvalue weighted by atomic mass is 10.1. The minimum Gasteiger partial charge on any atom is -0.356 e. The normalized spacial score (nSPS) is 11.9. The second kappa shape index (κ2) is 15.8. The third-order valence-corrected chi connectivity index (χ3v) is 8.81. The number of hydrogen-bond donors (Lipinski definition) is 1. The predicted molar refractivity (Wildman–Crippen MR) is 224 cm³/mol. The molecule has 0 spiro atoms. The van der Waals surface area contributed by atoms with Gasteiger partial charge in [-0.15, -0.1) is 0 Å². The van der Waals surface area contributed by atoms with Crippen molar-refractivity contribution in [1.29, 1.82) is 0 Å². The van der Waals surface area contributed by atoms with Crippen LogP contribution < -0.4 is 15.1 Å². The van der Waals surface area contributed by atoms with E-state index in [0.717, 1.165) is 68.3 Å².